The zero-order valence-corrected chi connectivity index (χ0v) is 14.7. The molecule has 4 aliphatic heterocycles. The number of hydrogen-bond acceptors (Lipinski definition) is 6. The number of ether oxygens (including phenoxy) is 2. The molecule has 1 amide bonds. The molecule has 4 heterocycles. The monoisotopic (exact) mass is 356 g/mol. The van der Waals surface area contributed by atoms with Gasteiger partial charge in [0, 0.05) is 30.2 Å². The highest BCUT2D eigenvalue weighted by Gasteiger charge is 2.42. The molecule has 0 saturated carbocycles. The third kappa shape index (κ3) is 2.71. The summed E-state index contributed by atoms with van der Waals surface area (Å²) in [7, 11) is 0. The zero-order chi connectivity index (χ0) is 17.5. The maximum Gasteiger partial charge on any atom is 0.247 e. The predicted octanol–water partition coefficient (Wildman–Crippen LogP) is 0.701. The van der Waals surface area contributed by atoms with Crippen molar-refractivity contribution in [3.05, 3.63) is 35.5 Å². The van der Waals surface area contributed by atoms with Gasteiger partial charge in [-0.3, -0.25) is 9.80 Å². The van der Waals surface area contributed by atoms with Crippen LogP contribution < -0.4 is 25.5 Å². The molecule has 2 atom stereocenters. The Kier molecular flexibility index (Phi) is 3.98. The SMILES string of the molecule is O=C1C=C(C2CCNCC2)N2NCC(c3ccc4c(c3)OCCO4)C2N1. The molecular formula is C19H24N4O3. The van der Waals surface area contributed by atoms with Crippen molar-refractivity contribution in [1.29, 1.82) is 0 Å². The molecule has 0 spiro atoms. The van der Waals surface area contributed by atoms with Gasteiger partial charge in [0.2, 0.25) is 5.91 Å². The zero-order valence-electron chi connectivity index (χ0n) is 14.7. The molecule has 1 aromatic rings. The number of hydrazine groups is 1. The topological polar surface area (TPSA) is 74.9 Å². The lowest BCUT2D eigenvalue weighted by Crippen LogP contribution is -2.53. The smallest absolute Gasteiger partial charge is 0.247 e. The molecule has 5 rings (SSSR count). The van der Waals surface area contributed by atoms with Crippen LogP contribution in [0, 0.1) is 5.92 Å². The number of allylic oxidation sites excluding steroid dienone is 1. The standard InChI is InChI=1S/C19H24N4O3/c24-18-10-15(12-3-5-20-6-4-12)23-19(22-18)14(11-21-23)13-1-2-16-17(9-13)26-8-7-25-16/h1-2,9-10,12,14,19-21H,3-8,11H2,(H,22,24). The van der Waals surface area contributed by atoms with Crippen molar-refractivity contribution >= 4 is 5.91 Å². The van der Waals surface area contributed by atoms with Crippen molar-refractivity contribution in [3.8, 4) is 11.5 Å². The molecular weight excluding hydrogens is 332 g/mol. The van der Waals surface area contributed by atoms with Gasteiger partial charge in [-0.05, 0) is 43.6 Å². The second-order valence-electron chi connectivity index (χ2n) is 7.29. The largest absolute Gasteiger partial charge is 0.486 e. The van der Waals surface area contributed by atoms with Crippen LogP contribution in [0.25, 0.3) is 0 Å². The van der Waals surface area contributed by atoms with E-state index in [-0.39, 0.29) is 18.0 Å². The highest BCUT2D eigenvalue weighted by Crippen LogP contribution is 2.38. The van der Waals surface area contributed by atoms with E-state index in [1.807, 2.05) is 6.07 Å². The fourth-order valence-corrected chi connectivity index (χ4v) is 4.42. The summed E-state index contributed by atoms with van der Waals surface area (Å²) in [5.41, 5.74) is 5.79. The van der Waals surface area contributed by atoms with Crippen LogP contribution in [0.1, 0.15) is 24.3 Å². The van der Waals surface area contributed by atoms with E-state index < -0.39 is 0 Å². The minimum Gasteiger partial charge on any atom is -0.486 e. The molecule has 7 heteroatoms. The molecule has 0 radical (unpaired) electrons. The van der Waals surface area contributed by atoms with Gasteiger partial charge in [0.15, 0.2) is 11.5 Å². The third-order valence-corrected chi connectivity index (χ3v) is 5.74. The summed E-state index contributed by atoms with van der Waals surface area (Å²) < 4.78 is 11.4. The molecule has 0 bridgehead atoms. The van der Waals surface area contributed by atoms with Gasteiger partial charge in [-0.15, -0.1) is 0 Å². The minimum atomic E-state index is -0.0695. The predicted molar refractivity (Wildman–Crippen MR) is 95.6 cm³/mol. The van der Waals surface area contributed by atoms with Crippen LogP contribution in [0.3, 0.4) is 0 Å². The molecule has 2 saturated heterocycles. The van der Waals surface area contributed by atoms with Crippen molar-refractivity contribution in [2.75, 3.05) is 32.8 Å². The lowest BCUT2D eigenvalue weighted by Gasteiger charge is -2.39. The Labute approximate surface area is 152 Å². The lowest BCUT2D eigenvalue weighted by molar-refractivity contribution is -0.119. The Hall–Kier alpha value is -2.25. The van der Waals surface area contributed by atoms with Crippen molar-refractivity contribution < 1.29 is 14.3 Å². The molecule has 4 aliphatic rings. The third-order valence-electron chi connectivity index (χ3n) is 5.74. The summed E-state index contributed by atoms with van der Waals surface area (Å²) in [5, 5.41) is 8.71. The highest BCUT2D eigenvalue weighted by atomic mass is 16.6. The van der Waals surface area contributed by atoms with Gasteiger partial charge in [0.1, 0.15) is 19.4 Å². The summed E-state index contributed by atoms with van der Waals surface area (Å²) in [5.74, 6) is 2.19. The Morgan fingerprint density at radius 2 is 1.88 bits per heavy atom. The molecule has 0 aromatic heterocycles. The summed E-state index contributed by atoms with van der Waals surface area (Å²) in [6.45, 7) is 3.97. The van der Waals surface area contributed by atoms with E-state index in [0.717, 1.165) is 55.2 Å². The lowest BCUT2D eigenvalue weighted by atomic mass is 9.90. The van der Waals surface area contributed by atoms with Crippen LogP contribution in [-0.2, 0) is 4.79 Å². The van der Waals surface area contributed by atoms with Crippen molar-refractivity contribution in [2.45, 2.75) is 24.9 Å². The summed E-state index contributed by atoms with van der Waals surface area (Å²) in [4.78, 5) is 12.4. The van der Waals surface area contributed by atoms with Gasteiger partial charge in [-0.2, -0.15) is 0 Å². The highest BCUT2D eigenvalue weighted by molar-refractivity contribution is 5.89. The number of hydrogen-bond donors (Lipinski definition) is 3. The minimum absolute atomic E-state index is 0.00558. The number of nitrogens with zero attached hydrogens (tertiary/aromatic N) is 1. The fourth-order valence-electron chi connectivity index (χ4n) is 4.42. The van der Waals surface area contributed by atoms with Crippen LogP contribution in [0.5, 0.6) is 11.5 Å². The van der Waals surface area contributed by atoms with Gasteiger partial charge >= 0.3 is 0 Å². The molecule has 2 unspecified atom stereocenters. The van der Waals surface area contributed by atoms with Crippen LogP contribution in [0.4, 0.5) is 0 Å². The second-order valence-corrected chi connectivity index (χ2v) is 7.29. The maximum atomic E-state index is 12.4. The van der Waals surface area contributed by atoms with Gasteiger partial charge < -0.3 is 20.1 Å². The van der Waals surface area contributed by atoms with E-state index >= 15 is 0 Å². The first-order valence-corrected chi connectivity index (χ1v) is 9.45. The van der Waals surface area contributed by atoms with Crippen molar-refractivity contribution in [1.82, 2.24) is 21.1 Å². The van der Waals surface area contributed by atoms with Crippen molar-refractivity contribution in [3.63, 3.8) is 0 Å². The number of benzene rings is 1. The van der Waals surface area contributed by atoms with Crippen LogP contribution in [0.15, 0.2) is 30.0 Å². The van der Waals surface area contributed by atoms with Crippen LogP contribution in [0.2, 0.25) is 0 Å². The number of nitrogens with one attached hydrogen (secondary N) is 3. The van der Waals surface area contributed by atoms with E-state index in [1.54, 1.807) is 6.08 Å². The number of carbonyl (C=O) groups excluding carboxylic acids is 1. The first kappa shape index (κ1) is 16.0. The van der Waals surface area contributed by atoms with Gasteiger partial charge in [-0.25, -0.2) is 5.43 Å². The van der Waals surface area contributed by atoms with E-state index in [0.29, 0.717) is 19.1 Å². The molecule has 1 aromatic carbocycles. The van der Waals surface area contributed by atoms with E-state index in [1.165, 1.54) is 0 Å². The quantitative estimate of drug-likeness (QED) is 0.724. The summed E-state index contributed by atoms with van der Waals surface area (Å²) in [6.07, 6.45) is 3.84. The molecule has 138 valence electrons. The fraction of sp³-hybridized carbons (Fsp3) is 0.526. The number of rotatable bonds is 2. The Morgan fingerprint density at radius 3 is 2.73 bits per heavy atom. The molecule has 26 heavy (non-hydrogen) atoms. The molecule has 3 N–H and O–H groups in total. The summed E-state index contributed by atoms with van der Waals surface area (Å²) in [6, 6.07) is 6.11. The Bertz CT molecular complexity index is 744. The number of amides is 1. The average Bonchev–Trinajstić information content (AvgIpc) is 3.11. The first-order chi connectivity index (χ1) is 12.8. The Balaban J connectivity index is 1.42. The molecule has 0 aliphatic carbocycles. The van der Waals surface area contributed by atoms with Crippen molar-refractivity contribution in [2.24, 2.45) is 5.92 Å². The number of piperidine rings is 1. The van der Waals surface area contributed by atoms with E-state index in [4.69, 9.17) is 9.47 Å². The van der Waals surface area contributed by atoms with E-state index in [9.17, 15) is 4.79 Å². The van der Waals surface area contributed by atoms with Crippen LogP contribution >= 0.6 is 0 Å². The molecule has 2 fully saturated rings. The number of fused-ring (bicyclic) bond motifs is 2. The average molecular weight is 356 g/mol. The van der Waals surface area contributed by atoms with Crippen LogP contribution in [-0.4, -0.2) is 49.9 Å². The number of carbonyl (C=O) groups is 1. The maximum absolute atomic E-state index is 12.4. The normalized spacial score (nSPS) is 28.4. The van der Waals surface area contributed by atoms with E-state index in [2.05, 4.69) is 33.2 Å². The van der Waals surface area contributed by atoms with Gasteiger partial charge in [-0.1, -0.05) is 6.07 Å². The summed E-state index contributed by atoms with van der Waals surface area (Å²) >= 11 is 0. The van der Waals surface area contributed by atoms with Gasteiger partial charge in [0.05, 0.1) is 0 Å². The Morgan fingerprint density at radius 1 is 1.08 bits per heavy atom. The van der Waals surface area contributed by atoms with Gasteiger partial charge in [0.25, 0.3) is 0 Å². The second kappa shape index (κ2) is 6.48. The molecule has 7 nitrogen and oxygen atoms in total. The first-order valence-electron chi connectivity index (χ1n) is 9.45.